The van der Waals surface area contributed by atoms with Crippen molar-refractivity contribution in [1.82, 2.24) is 4.98 Å². The monoisotopic (exact) mass is 185 g/mol. The van der Waals surface area contributed by atoms with Gasteiger partial charge in [0.05, 0.1) is 11.4 Å². The summed E-state index contributed by atoms with van der Waals surface area (Å²) in [6, 6.07) is 0. The van der Waals surface area contributed by atoms with Crippen LogP contribution in [0, 0.1) is 0 Å². The zero-order valence-electron chi connectivity index (χ0n) is 7.07. The second kappa shape index (κ2) is 3.67. The van der Waals surface area contributed by atoms with Crippen LogP contribution >= 0.6 is 11.3 Å². The molecule has 0 aromatic carbocycles. The van der Waals surface area contributed by atoms with Gasteiger partial charge < -0.3 is 5.11 Å². The molecular weight excluding hydrogens is 174 g/mol. The third-order valence-corrected chi connectivity index (χ3v) is 2.69. The highest BCUT2D eigenvalue weighted by atomic mass is 32.1. The highest BCUT2D eigenvalue weighted by molar-refractivity contribution is 7.11. The molecule has 1 aromatic heterocycles. The van der Waals surface area contributed by atoms with Gasteiger partial charge in [-0.15, -0.1) is 11.3 Å². The third-order valence-electron chi connectivity index (χ3n) is 1.39. The summed E-state index contributed by atoms with van der Waals surface area (Å²) < 4.78 is 0. The first kappa shape index (κ1) is 9.19. The van der Waals surface area contributed by atoms with Crippen LogP contribution in [-0.4, -0.2) is 16.1 Å². The minimum Gasteiger partial charge on any atom is -0.481 e. The molecule has 0 bridgehead atoms. The fraction of sp³-hybridized carbons (Fsp3) is 0.500. The average molecular weight is 185 g/mol. The van der Waals surface area contributed by atoms with Crippen molar-refractivity contribution in [1.29, 1.82) is 0 Å². The molecular formula is C8H11NO2S. The van der Waals surface area contributed by atoms with Crippen LogP contribution in [0.1, 0.15) is 29.7 Å². The van der Waals surface area contributed by atoms with Gasteiger partial charge in [-0.25, -0.2) is 4.98 Å². The fourth-order valence-electron chi connectivity index (χ4n) is 0.820. The molecule has 0 aliphatic carbocycles. The van der Waals surface area contributed by atoms with Crippen molar-refractivity contribution in [2.45, 2.75) is 26.2 Å². The highest BCUT2D eigenvalue weighted by Crippen LogP contribution is 2.21. The van der Waals surface area contributed by atoms with Crippen molar-refractivity contribution in [2.75, 3.05) is 0 Å². The lowest BCUT2D eigenvalue weighted by Gasteiger charge is -1.95. The first-order chi connectivity index (χ1) is 5.59. The van der Waals surface area contributed by atoms with Crippen LogP contribution < -0.4 is 0 Å². The number of carbonyl (C=O) groups is 1. The Bertz CT molecular complexity index is 280. The minimum absolute atomic E-state index is 0.0877. The van der Waals surface area contributed by atoms with Gasteiger partial charge >= 0.3 is 5.97 Å². The summed E-state index contributed by atoms with van der Waals surface area (Å²) in [5.41, 5.74) is 0. The molecule has 3 nitrogen and oxygen atoms in total. The van der Waals surface area contributed by atoms with Gasteiger partial charge in [0.25, 0.3) is 0 Å². The summed E-state index contributed by atoms with van der Waals surface area (Å²) in [7, 11) is 0. The number of rotatable bonds is 3. The predicted octanol–water partition coefficient (Wildman–Crippen LogP) is 1.89. The zero-order chi connectivity index (χ0) is 9.14. The van der Waals surface area contributed by atoms with E-state index < -0.39 is 5.97 Å². The Balaban J connectivity index is 2.70. The Morgan fingerprint density at radius 2 is 2.42 bits per heavy atom. The quantitative estimate of drug-likeness (QED) is 0.782. The number of aromatic nitrogens is 1. The van der Waals surface area contributed by atoms with Crippen LogP contribution in [0.3, 0.4) is 0 Å². The molecule has 0 atom stereocenters. The molecule has 1 rings (SSSR count). The Labute approximate surface area is 75.1 Å². The van der Waals surface area contributed by atoms with Gasteiger partial charge in [0.15, 0.2) is 0 Å². The molecule has 0 unspecified atom stereocenters. The van der Waals surface area contributed by atoms with Crippen LogP contribution in [0.15, 0.2) is 6.20 Å². The zero-order valence-corrected chi connectivity index (χ0v) is 7.89. The Kier molecular flexibility index (Phi) is 2.81. The molecule has 0 saturated carbocycles. The van der Waals surface area contributed by atoms with Crippen LogP contribution in [0.2, 0.25) is 0 Å². The average Bonchev–Trinajstić information content (AvgIpc) is 2.34. The van der Waals surface area contributed by atoms with E-state index in [0.29, 0.717) is 5.92 Å². The van der Waals surface area contributed by atoms with E-state index in [9.17, 15) is 4.79 Å². The van der Waals surface area contributed by atoms with Gasteiger partial charge in [0.2, 0.25) is 0 Å². The number of nitrogens with zero attached hydrogens (tertiary/aromatic N) is 1. The summed E-state index contributed by atoms with van der Waals surface area (Å²) in [4.78, 5) is 15.3. The number of carboxylic acids is 1. The van der Waals surface area contributed by atoms with E-state index in [0.717, 1.165) is 9.88 Å². The van der Waals surface area contributed by atoms with E-state index in [-0.39, 0.29) is 6.42 Å². The van der Waals surface area contributed by atoms with Gasteiger partial charge in [0, 0.05) is 17.0 Å². The highest BCUT2D eigenvalue weighted by Gasteiger charge is 2.07. The first-order valence-corrected chi connectivity index (χ1v) is 4.57. The lowest BCUT2D eigenvalue weighted by molar-refractivity contribution is -0.136. The lowest BCUT2D eigenvalue weighted by Crippen LogP contribution is -1.97. The summed E-state index contributed by atoms with van der Waals surface area (Å²) in [6.45, 7) is 4.09. The summed E-state index contributed by atoms with van der Waals surface area (Å²) in [6.07, 6.45) is 1.73. The van der Waals surface area contributed by atoms with E-state index in [1.165, 1.54) is 11.3 Å². The molecule has 0 aliphatic rings. The number of hydrogen-bond acceptors (Lipinski definition) is 3. The Morgan fingerprint density at radius 3 is 2.83 bits per heavy atom. The summed E-state index contributed by atoms with van der Waals surface area (Å²) in [5, 5.41) is 9.50. The van der Waals surface area contributed by atoms with Gasteiger partial charge in [-0.3, -0.25) is 4.79 Å². The SMILES string of the molecule is CC(C)c1ncc(CC(=O)O)s1. The largest absolute Gasteiger partial charge is 0.481 e. The molecule has 1 N–H and O–H groups in total. The van der Waals surface area contributed by atoms with E-state index in [1.807, 2.05) is 13.8 Å². The summed E-state index contributed by atoms with van der Waals surface area (Å²) >= 11 is 1.48. The van der Waals surface area contributed by atoms with Gasteiger partial charge in [-0.1, -0.05) is 13.8 Å². The maximum absolute atomic E-state index is 10.3. The number of carboxylic acid groups (broad SMARTS) is 1. The molecule has 12 heavy (non-hydrogen) atoms. The van der Waals surface area contributed by atoms with E-state index in [2.05, 4.69) is 4.98 Å². The molecule has 0 radical (unpaired) electrons. The van der Waals surface area contributed by atoms with Crippen LogP contribution in [0.25, 0.3) is 0 Å². The third kappa shape index (κ3) is 2.30. The standard InChI is InChI=1S/C8H11NO2S/c1-5(2)8-9-4-6(12-8)3-7(10)11/h4-5H,3H2,1-2H3,(H,10,11). The molecule has 0 aliphatic heterocycles. The van der Waals surface area contributed by atoms with E-state index in [1.54, 1.807) is 6.20 Å². The maximum Gasteiger partial charge on any atom is 0.308 e. The molecule has 66 valence electrons. The molecule has 4 heteroatoms. The van der Waals surface area contributed by atoms with E-state index >= 15 is 0 Å². The normalized spacial score (nSPS) is 10.6. The number of hydrogen-bond donors (Lipinski definition) is 1. The molecule has 0 amide bonds. The molecule has 0 fully saturated rings. The van der Waals surface area contributed by atoms with Crippen molar-refractivity contribution in [3.63, 3.8) is 0 Å². The van der Waals surface area contributed by atoms with Crippen molar-refractivity contribution >= 4 is 17.3 Å². The fourth-order valence-corrected chi connectivity index (χ4v) is 1.73. The minimum atomic E-state index is -0.797. The predicted molar refractivity (Wildman–Crippen MR) is 47.5 cm³/mol. The van der Waals surface area contributed by atoms with Crippen molar-refractivity contribution in [3.8, 4) is 0 Å². The molecule has 0 saturated heterocycles. The topological polar surface area (TPSA) is 50.2 Å². The lowest BCUT2D eigenvalue weighted by atomic mass is 10.2. The second-order valence-electron chi connectivity index (χ2n) is 2.89. The second-order valence-corrected chi connectivity index (χ2v) is 4.04. The number of aliphatic carboxylic acids is 1. The smallest absolute Gasteiger partial charge is 0.308 e. The first-order valence-electron chi connectivity index (χ1n) is 3.76. The Hall–Kier alpha value is -0.900. The van der Waals surface area contributed by atoms with Gasteiger partial charge in [0.1, 0.15) is 0 Å². The molecule has 0 spiro atoms. The molecule has 1 heterocycles. The maximum atomic E-state index is 10.3. The van der Waals surface area contributed by atoms with Gasteiger partial charge in [-0.2, -0.15) is 0 Å². The van der Waals surface area contributed by atoms with Crippen molar-refractivity contribution in [2.24, 2.45) is 0 Å². The van der Waals surface area contributed by atoms with Crippen molar-refractivity contribution < 1.29 is 9.90 Å². The van der Waals surface area contributed by atoms with Crippen LogP contribution in [-0.2, 0) is 11.2 Å². The van der Waals surface area contributed by atoms with E-state index in [4.69, 9.17) is 5.11 Å². The van der Waals surface area contributed by atoms with Crippen LogP contribution in [0.4, 0.5) is 0 Å². The summed E-state index contributed by atoms with van der Waals surface area (Å²) in [5.74, 6) is -0.411. The molecule has 1 aromatic rings. The van der Waals surface area contributed by atoms with Crippen LogP contribution in [0.5, 0.6) is 0 Å². The van der Waals surface area contributed by atoms with Gasteiger partial charge in [-0.05, 0) is 0 Å². The van der Waals surface area contributed by atoms with Crippen molar-refractivity contribution in [3.05, 3.63) is 16.1 Å². The number of thiazole rings is 1. The Morgan fingerprint density at radius 1 is 1.75 bits per heavy atom.